The average molecular weight is 332 g/mol. The summed E-state index contributed by atoms with van der Waals surface area (Å²) >= 11 is 3.22. The molecular weight excluding hydrogens is 318 g/mol. The SMILES string of the molecule is CC(N)(CCOc1cc([N+](=O)[O-])ccc1Br)C(N)=O. The first kappa shape index (κ1) is 15.4. The van der Waals surface area contributed by atoms with E-state index in [0.717, 1.165) is 0 Å². The molecule has 7 nitrogen and oxygen atoms in total. The Morgan fingerprint density at radius 1 is 1.58 bits per heavy atom. The van der Waals surface area contributed by atoms with Gasteiger partial charge in [-0.05, 0) is 28.9 Å². The number of nitrogens with zero attached hydrogens (tertiary/aromatic N) is 1. The first-order chi connectivity index (χ1) is 8.74. The third-order valence-electron chi connectivity index (χ3n) is 2.57. The van der Waals surface area contributed by atoms with Gasteiger partial charge in [0.1, 0.15) is 5.75 Å². The Kier molecular flexibility index (Phi) is 4.84. The van der Waals surface area contributed by atoms with E-state index in [0.29, 0.717) is 10.2 Å². The summed E-state index contributed by atoms with van der Waals surface area (Å²) < 4.78 is 5.95. The highest BCUT2D eigenvalue weighted by Gasteiger charge is 2.25. The van der Waals surface area contributed by atoms with Crippen molar-refractivity contribution in [1.82, 2.24) is 0 Å². The lowest BCUT2D eigenvalue weighted by Crippen LogP contribution is -2.50. The van der Waals surface area contributed by atoms with Crippen LogP contribution in [0.15, 0.2) is 22.7 Å². The summed E-state index contributed by atoms with van der Waals surface area (Å²) in [5.41, 5.74) is 9.54. The molecule has 1 aromatic carbocycles. The summed E-state index contributed by atoms with van der Waals surface area (Å²) in [5.74, 6) is -0.316. The molecule has 1 rings (SSSR count). The van der Waals surface area contributed by atoms with Gasteiger partial charge < -0.3 is 16.2 Å². The second-order valence-electron chi connectivity index (χ2n) is 4.25. The molecule has 0 saturated heterocycles. The normalized spacial score (nSPS) is 13.6. The fraction of sp³-hybridized carbons (Fsp3) is 0.364. The number of non-ortho nitro benzene ring substituents is 1. The Bertz CT molecular complexity index is 505. The zero-order chi connectivity index (χ0) is 14.6. The van der Waals surface area contributed by atoms with E-state index < -0.39 is 16.4 Å². The molecule has 0 aromatic heterocycles. The predicted octanol–water partition coefficient (Wildman–Crippen LogP) is 1.33. The molecule has 1 amide bonds. The molecule has 4 N–H and O–H groups in total. The first-order valence-electron chi connectivity index (χ1n) is 5.39. The van der Waals surface area contributed by atoms with Gasteiger partial charge in [0.25, 0.3) is 5.69 Å². The van der Waals surface area contributed by atoms with Crippen LogP contribution in [0.3, 0.4) is 0 Å². The van der Waals surface area contributed by atoms with Gasteiger partial charge in [0.05, 0.1) is 27.6 Å². The molecule has 104 valence electrons. The van der Waals surface area contributed by atoms with E-state index in [1.807, 2.05) is 0 Å². The summed E-state index contributed by atoms with van der Waals surface area (Å²) in [7, 11) is 0. The fourth-order valence-electron chi connectivity index (χ4n) is 1.21. The number of nitro benzene ring substituents is 1. The van der Waals surface area contributed by atoms with Crippen LogP contribution in [0.4, 0.5) is 5.69 Å². The number of ether oxygens (including phenoxy) is 1. The smallest absolute Gasteiger partial charge is 0.273 e. The van der Waals surface area contributed by atoms with Crippen molar-refractivity contribution >= 4 is 27.5 Å². The van der Waals surface area contributed by atoms with E-state index in [9.17, 15) is 14.9 Å². The van der Waals surface area contributed by atoms with Crippen LogP contribution in [0.2, 0.25) is 0 Å². The monoisotopic (exact) mass is 331 g/mol. The molecule has 0 fully saturated rings. The molecule has 8 heteroatoms. The molecule has 0 aliphatic carbocycles. The number of primary amides is 1. The Labute approximate surface area is 118 Å². The highest BCUT2D eigenvalue weighted by Crippen LogP contribution is 2.29. The Hall–Kier alpha value is -1.67. The van der Waals surface area contributed by atoms with Crippen molar-refractivity contribution in [3.8, 4) is 5.75 Å². The number of halogens is 1. The number of carbonyl (C=O) groups is 1. The molecule has 0 spiro atoms. The maximum absolute atomic E-state index is 11.0. The predicted molar refractivity (Wildman–Crippen MR) is 72.7 cm³/mol. The lowest BCUT2D eigenvalue weighted by molar-refractivity contribution is -0.385. The standard InChI is InChI=1S/C11H14BrN3O4/c1-11(14,10(13)16)4-5-19-9-6-7(15(17)18)2-3-8(9)12/h2-3,6H,4-5,14H2,1H3,(H2,13,16). The molecule has 0 saturated carbocycles. The number of hydrogen-bond acceptors (Lipinski definition) is 5. The Balaban J connectivity index is 2.70. The molecule has 1 unspecified atom stereocenters. The van der Waals surface area contributed by atoms with Gasteiger partial charge in [-0.1, -0.05) is 0 Å². The largest absolute Gasteiger partial charge is 0.492 e. The molecule has 0 bridgehead atoms. The number of carbonyl (C=O) groups excluding carboxylic acids is 1. The Morgan fingerprint density at radius 2 is 2.21 bits per heavy atom. The molecular formula is C11H14BrN3O4. The van der Waals surface area contributed by atoms with Crippen molar-refractivity contribution in [1.29, 1.82) is 0 Å². The van der Waals surface area contributed by atoms with E-state index in [-0.39, 0.29) is 18.7 Å². The van der Waals surface area contributed by atoms with E-state index in [2.05, 4.69) is 15.9 Å². The number of hydrogen-bond donors (Lipinski definition) is 2. The number of amides is 1. The number of nitro groups is 1. The van der Waals surface area contributed by atoms with Gasteiger partial charge in [-0.3, -0.25) is 14.9 Å². The second kappa shape index (κ2) is 5.98. The third-order valence-corrected chi connectivity index (χ3v) is 3.22. The van der Waals surface area contributed by atoms with Crippen LogP contribution in [0.1, 0.15) is 13.3 Å². The van der Waals surface area contributed by atoms with E-state index >= 15 is 0 Å². The van der Waals surface area contributed by atoms with Crippen molar-refractivity contribution in [2.45, 2.75) is 18.9 Å². The molecule has 0 aliphatic heterocycles. The fourth-order valence-corrected chi connectivity index (χ4v) is 1.57. The third kappa shape index (κ3) is 4.18. The number of benzene rings is 1. The van der Waals surface area contributed by atoms with Gasteiger partial charge in [-0.15, -0.1) is 0 Å². The molecule has 1 atom stereocenters. The second-order valence-corrected chi connectivity index (χ2v) is 5.11. The minimum atomic E-state index is -1.17. The van der Waals surface area contributed by atoms with E-state index in [1.54, 1.807) is 0 Å². The zero-order valence-corrected chi connectivity index (χ0v) is 11.8. The lowest BCUT2D eigenvalue weighted by atomic mass is 9.99. The van der Waals surface area contributed by atoms with Crippen LogP contribution in [0.5, 0.6) is 5.75 Å². The van der Waals surface area contributed by atoms with Crippen LogP contribution < -0.4 is 16.2 Å². The van der Waals surface area contributed by atoms with Gasteiger partial charge in [0.15, 0.2) is 0 Å². The van der Waals surface area contributed by atoms with Crippen LogP contribution in [0.25, 0.3) is 0 Å². The van der Waals surface area contributed by atoms with Gasteiger partial charge in [0, 0.05) is 12.5 Å². The van der Waals surface area contributed by atoms with E-state index in [4.69, 9.17) is 16.2 Å². The number of nitrogens with two attached hydrogens (primary N) is 2. The maximum atomic E-state index is 11.0. The molecule has 1 aromatic rings. The van der Waals surface area contributed by atoms with Crippen molar-refractivity contribution in [3.63, 3.8) is 0 Å². The van der Waals surface area contributed by atoms with Crippen molar-refractivity contribution in [2.75, 3.05) is 6.61 Å². The minimum absolute atomic E-state index is 0.0800. The summed E-state index contributed by atoms with van der Waals surface area (Å²) in [6.07, 6.45) is 0.206. The van der Waals surface area contributed by atoms with Crippen LogP contribution >= 0.6 is 15.9 Å². The summed E-state index contributed by atoms with van der Waals surface area (Å²) in [6.45, 7) is 1.62. The van der Waals surface area contributed by atoms with Gasteiger partial charge >= 0.3 is 0 Å². The van der Waals surface area contributed by atoms with Crippen LogP contribution in [-0.2, 0) is 4.79 Å². The maximum Gasteiger partial charge on any atom is 0.273 e. The first-order valence-corrected chi connectivity index (χ1v) is 6.19. The lowest BCUT2D eigenvalue weighted by Gasteiger charge is -2.20. The molecule has 0 heterocycles. The zero-order valence-electron chi connectivity index (χ0n) is 10.3. The quantitative estimate of drug-likeness (QED) is 0.601. The highest BCUT2D eigenvalue weighted by atomic mass is 79.9. The van der Waals surface area contributed by atoms with Crippen LogP contribution in [-0.4, -0.2) is 23.0 Å². The van der Waals surface area contributed by atoms with Crippen molar-refractivity contribution in [2.24, 2.45) is 11.5 Å². The van der Waals surface area contributed by atoms with Gasteiger partial charge in [-0.25, -0.2) is 0 Å². The van der Waals surface area contributed by atoms with Gasteiger partial charge in [-0.2, -0.15) is 0 Å². The molecule has 0 radical (unpaired) electrons. The van der Waals surface area contributed by atoms with Crippen LogP contribution in [0, 0.1) is 10.1 Å². The highest BCUT2D eigenvalue weighted by molar-refractivity contribution is 9.10. The Morgan fingerprint density at radius 3 is 2.74 bits per heavy atom. The minimum Gasteiger partial charge on any atom is -0.492 e. The van der Waals surface area contributed by atoms with Gasteiger partial charge in [0.2, 0.25) is 5.91 Å². The van der Waals surface area contributed by atoms with E-state index in [1.165, 1.54) is 25.1 Å². The number of rotatable bonds is 6. The summed E-state index contributed by atoms with van der Waals surface area (Å²) in [4.78, 5) is 21.1. The van der Waals surface area contributed by atoms with Crippen molar-refractivity contribution in [3.05, 3.63) is 32.8 Å². The topological polar surface area (TPSA) is 121 Å². The molecule has 0 aliphatic rings. The summed E-state index contributed by atoms with van der Waals surface area (Å²) in [6, 6.07) is 4.17. The van der Waals surface area contributed by atoms with Crippen molar-refractivity contribution < 1.29 is 14.5 Å². The summed E-state index contributed by atoms with van der Waals surface area (Å²) in [5, 5.41) is 10.6. The molecule has 19 heavy (non-hydrogen) atoms. The average Bonchev–Trinajstić information content (AvgIpc) is 2.30.